The van der Waals surface area contributed by atoms with Crippen LogP contribution in [0.1, 0.15) is 12.8 Å². The van der Waals surface area contributed by atoms with Crippen LogP contribution in [0.4, 0.5) is 5.69 Å². The smallest absolute Gasteiger partial charge is 0.226 e. The molecule has 0 bridgehead atoms. The molecule has 0 fully saturated rings. The number of hydrogen-bond donors (Lipinski definition) is 2. The quantitative estimate of drug-likeness (QED) is 0.493. The fourth-order valence-corrected chi connectivity index (χ4v) is 2.81. The molecule has 2 aromatic rings. The molecule has 2 N–H and O–H groups in total. The zero-order valence-corrected chi connectivity index (χ0v) is 16.1. The third kappa shape index (κ3) is 7.48. The van der Waals surface area contributed by atoms with Crippen molar-refractivity contribution in [3.8, 4) is 5.75 Å². The van der Waals surface area contributed by atoms with Gasteiger partial charge in [0, 0.05) is 27.2 Å². The van der Waals surface area contributed by atoms with Crippen molar-refractivity contribution in [3.63, 3.8) is 0 Å². The molecule has 2 aromatic carbocycles. The molecule has 25 heavy (non-hydrogen) atoms. The fraction of sp³-hybridized carbons (Fsp3) is 0.176. The molecule has 1 amide bonds. The Morgan fingerprint density at radius 2 is 1.64 bits per heavy atom. The normalized spacial score (nSPS) is 10.2. The maximum Gasteiger partial charge on any atom is 0.226 e. The molecule has 0 saturated carbocycles. The Balaban J connectivity index is 1.68. The molecule has 4 nitrogen and oxygen atoms in total. The van der Waals surface area contributed by atoms with E-state index in [1.165, 1.54) is 0 Å². The summed E-state index contributed by atoms with van der Waals surface area (Å²) in [5.74, 6) is 0.505. The highest BCUT2D eigenvalue weighted by Crippen LogP contribution is 2.22. The highest BCUT2D eigenvalue weighted by molar-refractivity contribution is 7.80. The fourth-order valence-electron chi connectivity index (χ4n) is 1.93. The zero-order valence-electron chi connectivity index (χ0n) is 13.0. The topological polar surface area (TPSA) is 50.4 Å². The molecule has 132 valence electrons. The van der Waals surface area contributed by atoms with E-state index >= 15 is 0 Å². The second-order valence-corrected chi connectivity index (χ2v) is 6.78. The van der Waals surface area contributed by atoms with Crippen LogP contribution >= 0.6 is 47.0 Å². The van der Waals surface area contributed by atoms with Gasteiger partial charge in [-0.2, -0.15) is 0 Å². The molecule has 8 heteroatoms. The third-order valence-electron chi connectivity index (χ3n) is 3.00. The van der Waals surface area contributed by atoms with Gasteiger partial charge in [-0.25, -0.2) is 0 Å². The molecule has 2 rings (SSSR count). The van der Waals surface area contributed by atoms with E-state index in [0.717, 1.165) is 0 Å². The molecule has 0 saturated heterocycles. The summed E-state index contributed by atoms with van der Waals surface area (Å²) in [7, 11) is 0. The number of thiocarbonyl (C=S) groups is 1. The van der Waals surface area contributed by atoms with Gasteiger partial charge in [-0.3, -0.25) is 4.79 Å². The summed E-state index contributed by atoms with van der Waals surface area (Å²) in [6.07, 6.45) is 0.839. The Hall–Kier alpha value is -1.53. The van der Waals surface area contributed by atoms with E-state index in [0.29, 0.717) is 39.5 Å². The van der Waals surface area contributed by atoms with Crippen LogP contribution < -0.4 is 15.4 Å². The predicted molar refractivity (Wildman–Crippen MR) is 107 cm³/mol. The highest BCUT2D eigenvalue weighted by atomic mass is 35.5. The Kier molecular flexibility index (Phi) is 7.78. The van der Waals surface area contributed by atoms with Crippen LogP contribution in [0, 0.1) is 0 Å². The van der Waals surface area contributed by atoms with Crippen LogP contribution in [0.5, 0.6) is 5.75 Å². The van der Waals surface area contributed by atoms with E-state index < -0.39 is 0 Å². The first-order chi connectivity index (χ1) is 11.9. The lowest BCUT2D eigenvalue weighted by molar-refractivity contribution is -0.119. The maximum absolute atomic E-state index is 11.9. The molecular weight excluding hydrogens is 403 g/mol. The molecule has 0 atom stereocenters. The van der Waals surface area contributed by atoms with Crippen molar-refractivity contribution in [3.05, 3.63) is 57.5 Å². The van der Waals surface area contributed by atoms with Crippen molar-refractivity contribution in [2.24, 2.45) is 0 Å². The van der Waals surface area contributed by atoms with Gasteiger partial charge in [-0.15, -0.1) is 0 Å². The average molecular weight is 418 g/mol. The van der Waals surface area contributed by atoms with E-state index in [4.69, 9.17) is 51.8 Å². The lowest BCUT2D eigenvalue weighted by Gasteiger charge is -2.10. The van der Waals surface area contributed by atoms with Crippen molar-refractivity contribution in [2.45, 2.75) is 12.8 Å². The van der Waals surface area contributed by atoms with Crippen LogP contribution in [-0.4, -0.2) is 17.6 Å². The van der Waals surface area contributed by atoms with Crippen LogP contribution in [0.3, 0.4) is 0 Å². The van der Waals surface area contributed by atoms with Gasteiger partial charge in [0.25, 0.3) is 0 Å². The SMILES string of the molecule is O=C(CCCOc1ccc(Cl)cc1)NC(=S)Nc1cc(Cl)cc(Cl)c1. The maximum atomic E-state index is 11.9. The average Bonchev–Trinajstić information content (AvgIpc) is 2.52. The molecule has 0 radical (unpaired) electrons. The Morgan fingerprint density at radius 1 is 1.00 bits per heavy atom. The Morgan fingerprint density at radius 3 is 2.28 bits per heavy atom. The zero-order chi connectivity index (χ0) is 18.2. The van der Waals surface area contributed by atoms with Crippen molar-refractivity contribution in [1.82, 2.24) is 5.32 Å². The summed E-state index contributed by atoms with van der Waals surface area (Å²) in [6.45, 7) is 0.416. The number of ether oxygens (including phenoxy) is 1. The lowest BCUT2D eigenvalue weighted by Crippen LogP contribution is -2.34. The number of anilines is 1. The number of carbonyl (C=O) groups excluding carboxylic acids is 1. The van der Waals surface area contributed by atoms with Gasteiger partial charge in [0.2, 0.25) is 5.91 Å². The number of rotatable bonds is 6. The second kappa shape index (κ2) is 9.82. The molecule has 0 heterocycles. The summed E-state index contributed by atoms with van der Waals surface area (Å²) >= 11 is 22.7. The monoisotopic (exact) mass is 416 g/mol. The van der Waals surface area contributed by atoms with Crippen molar-refractivity contribution in [2.75, 3.05) is 11.9 Å². The number of carbonyl (C=O) groups is 1. The number of halogens is 3. The largest absolute Gasteiger partial charge is 0.494 e. The van der Waals surface area contributed by atoms with Gasteiger partial charge in [0.15, 0.2) is 5.11 Å². The molecule has 0 spiro atoms. The summed E-state index contributed by atoms with van der Waals surface area (Å²) in [6, 6.07) is 12.0. The van der Waals surface area contributed by atoms with Crippen LogP contribution in [-0.2, 0) is 4.79 Å². The number of hydrogen-bond acceptors (Lipinski definition) is 3. The second-order valence-electron chi connectivity index (χ2n) is 5.07. The van der Waals surface area contributed by atoms with Gasteiger partial charge in [-0.1, -0.05) is 34.8 Å². The molecule has 0 aliphatic rings. The Bertz CT molecular complexity index is 734. The molecule has 0 aromatic heterocycles. The van der Waals surface area contributed by atoms with Crippen LogP contribution in [0.15, 0.2) is 42.5 Å². The molecular formula is C17H15Cl3N2O2S. The minimum atomic E-state index is -0.203. The van der Waals surface area contributed by atoms with Crippen molar-refractivity contribution in [1.29, 1.82) is 0 Å². The standard InChI is InChI=1S/C17H15Cl3N2O2S/c18-11-3-5-15(6-4-11)24-7-1-2-16(23)22-17(25)21-14-9-12(19)8-13(20)10-14/h3-6,8-10H,1-2,7H2,(H2,21,22,23,25). The van der Waals surface area contributed by atoms with Crippen LogP contribution in [0.2, 0.25) is 15.1 Å². The predicted octanol–water partition coefficient (Wildman–Crippen LogP) is 5.32. The summed E-state index contributed by atoms with van der Waals surface area (Å²) in [4.78, 5) is 11.9. The van der Waals surface area contributed by atoms with Gasteiger partial charge in [0.1, 0.15) is 5.75 Å². The van der Waals surface area contributed by atoms with E-state index in [2.05, 4.69) is 10.6 Å². The summed E-state index contributed by atoms with van der Waals surface area (Å²) in [5.41, 5.74) is 0.605. The first kappa shape index (κ1) is 19.8. The lowest BCUT2D eigenvalue weighted by atomic mass is 10.3. The number of benzene rings is 2. The third-order valence-corrected chi connectivity index (χ3v) is 3.90. The van der Waals surface area contributed by atoms with E-state index in [1.807, 2.05) is 0 Å². The minimum Gasteiger partial charge on any atom is -0.494 e. The number of amides is 1. The number of nitrogens with one attached hydrogen (secondary N) is 2. The summed E-state index contributed by atoms with van der Waals surface area (Å²) in [5, 5.41) is 7.24. The summed E-state index contributed by atoms with van der Waals surface area (Å²) < 4.78 is 5.52. The molecule has 0 aliphatic carbocycles. The van der Waals surface area contributed by atoms with Gasteiger partial charge >= 0.3 is 0 Å². The minimum absolute atomic E-state index is 0.182. The first-order valence-electron chi connectivity index (χ1n) is 7.37. The van der Waals surface area contributed by atoms with Crippen molar-refractivity contribution < 1.29 is 9.53 Å². The van der Waals surface area contributed by atoms with E-state index in [-0.39, 0.29) is 17.4 Å². The molecule has 0 unspecified atom stereocenters. The first-order valence-corrected chi connectivity index (χ1v) is 8.92. The Labute approximate surface area is 166 Å². The highest BCUT2D eigenvalue weighted by Gasteiger charge is 2.06. The van der Waals surface area contributed by atoms with Gasteiger partial charge in [0.05, 0.1) is 6.61 Å². The molecule has 0 aliphatic heterocycles. The van der Waals surface area contributed by atoms with E-state index in [1.54, 1.807) is 42.5 Å². The van der Waals surface area contributed by atoms with Crippen LogP contribution in [0.25, 0.3) is 0 Å². The van der Waals surface area contributed by atoms with Gasteiger partial charge in [-0.05, 0) is 61.1 Å². The van der Waals surface area contributed by atoms with Crippen molar-refractivity contribution >= 4 is 63.7 Å². The van der Waals surface area contributed by atoms with E-state index in [9.17, 15) is 4.79 Å². The van der Waals surface area contributed by atoms with Gasteiger partial charge < -0.3 is 15.4 Å².